The number of nitrogens with zero attached hydrogens (tertiary/aromatic N) is 2. The van der Waals surface area contributed by atoms with Crippen LogP contribution in [0.15, 0.2) is 30.3 Å². The normalized spacial score (nSPS) is 10.5. The van der Waals surface area contributed by atoms with E-state index in [1.54, 1.807) is 38.1 Å². The van der Waals surface area contributed by atoms with Crippen molar-refractivity contribution < 1.29 is 14.6 Å². The van der Waals surface area contributed by atoms with Crippen LogP contribution in [0, 0.1) is 18.3 Å². The van der Waals surface area contributed by atoms with E-state index in [2.05, 4.69) is 11.1 Å². The molecule has 5 nitrogen and oxygen atoms in total. The number of aryl methyl sites for hydroxylation is 1. The zero-order valence-electron chi connectivity index (χ0n) is 13.2. The molecular weight excluding hydrogens is 324 g/mol. The van der Waals surface area contributed by atoms with Crippen LogP contribution in [0.5, 0.6) is 5.75 Å². The smallest absolute Gasteiger partial charge is 0.350 e. The van der Waals surface area contributed by atoms with Crippen molar-refractivity contribution in [2.75, 3.05) is 6.61 Å². The number of nitriles is 1. The van der Waals surface area contributed by atoms with Crippen LogP contribution in [0.2, 0.25) is 0 Å². The molecule has 0 fully saturated rings. The topological polar surface area (TPSA) is 83.2 Å². The minimum Gasteiger partial charge on any atom is -0.508 e. The van der Waals surface area contributed by atoms with Gasteiger partial charge in [0.05, 0.1) is 23.9 Å². The van der Waals surface area contributed by atoms with Crippen LogP contribution in [0.4, 0.5) is 0 Å². The summed E-state index contributed by atoms with van der Waals surface area (Å²) < 4.78 is 5.03. The van der Waals surface area contributed by atoms with Crippen LogP contribution in [-0.4, -0.2) is 22.7 Å². The highest BCUT2D eigenvalue weighted by molar-refractivity contribution is 7.17. The van der Waals surface area contributed by atoms with Gasteiger partial charge in [-0.05, 0) is 55.0 Å². The summed E-state index contributed by atoms with van der Waals surface area (Å²) in [5.41, 5.74) is 1.82. The van der Waals surface area contributed by atoms with E-state index in [-0.39, 0.29) is 5.75 Å². The second kappa shape index (κ2) is 6.30. The van der Waals surface area contributed by atoms with Crippen LogP contribution in [0.25, 0.3) is 21.3 Å². The summed E-state index contributed by atoms with van der Waals surface area (Å²) >= 11 is 1.24. The molecule has 120 valence electrons. The molecule has 0 radical (unpaired) electrons. The molecule has 0 aliphatic rings. The van der Waals surface area contributed by atoms with Gasteiger partial charge in [0.25, 0.3) is 0 Å². The maximum absolute atomic E-state index is 12.0. The number of benzene rings is 2. The minimum atomic E-state index is -0.391. The number of phenolic OH excluding ortho intramolecular Hbond substituents is 1. The number of aromatic nitrogens is 1. The Balaban J connectivity index is 2.15. The number of carbonyl (C=O) groups excluding carboxylic acids is 1. The molecule has 2 aromatic carbocycles. The number of hydrogen-bond acceptors (Lipinski definition) is 6. The van der Waals surface area contributed by atoms with Crippen LogP contribution in [0.1, 0.15) is 27.9 Å². The van der Waals surface area contributed by atoms with Gasteiger partial charge < -0.3 is 9.84 Å². The number of thiazole rings is 1. The molecule has 0 atom stereocenters. The second-order valence-electron chi connectivity index (χ2n) is 5.20. The van der Waals surface area contributed by atoms with Crippen molar-refractivity contribution in [3.05, 3.63) is 46.5 Å². The van der Waals surface area contributed by atoms with Gasteiger partial charge in [-0.15, -0.1) is 11.3 Å². The second-order valence-corrected chi connectivity index (χ2v) is 6.19. The highest BCUT2D eigenvalue weighted by Gasteiger charge is 2.18. The Bertz CT molecular complexity index is 986. The van der Waals surface area contributed by atoms with Crippen LogP contribution in [0.3, 0.4) is 0 Å². The van der Waals surface area contributed by atoms with Gasteiger partial charge in [-0.2, -0.15) is 5.26 Å². The molecule has 0 aliphatic heterocycles. The van der Waals surface area contributed by atoms with Gasteiger partial charge in [-0.3, -0.25) is 0 Å². The third kappa shape index (κ3) is 2.82. The number of aromatic hydroxyl groups is 1. The predicted molar refractivity (Wildman–Crippen MR) is 92.1 cm³/mol. The third-order valence-electron chi connectivity index (χ3n) is 3.56. The number of esters is 1. The number of fused-ring (bicyclic) bond motifs is 1. The molecule has 0 bridgehead atoms. The highest BCUT2D eigenvalue weighted by Crippen LogP contribution is 2.33. The Hall–Kier alpha value is -2.91. The fourth-order valence-electron chi connectivity index (χ4n) is 2.48. The molecule has 0 saturated carbocycles. The van der Waals surface area contributed by atoms with E-state index in [1.807, 2.05) is 6.07 Å². The standard InChI is InChI=1S/C18H14N2O3S/c1-3-23-18(22)16-10(2)20-17(24-16)12-6-11-8-14(21)4-5-15(11)13(7-12)9-19/h4-8,21H,3H2,1-2H3. The van der Waals surface area contributed by atoms with Crippen molar-refractivity contribution in [3.8, 4) is 22.4 Å². The molecule has 3 aromatic rings. The molecule has 0 saturated heterocycles. The Kier molecular flexibility index (Phi) is 4.19. The minimum absolute atomic E-state index is 0.131. The number of rotatable bonds is 3. The first kappa shape index (κ1) is 16.0. The summed E-state index contributed by atoms with van der Waals surface area (Å²) in [5, 5.41) is 21.2. The monoisotopic (exact) mass is 338 g/mol. The van der Waals surface area contributed by atoms with Crippen molar-refractivity contribution in [3.63, 3.8) is 0 Å². The first-order valence-corrected chi connectivity index (χ1v) is 8.17. The summed E-state index contributed by atoms with van der Waals surface area (Å²) in [5.74, 6) is -0.260. The Labute approximate surface area is 142 Å². The molecule has 0 aliphatic carbocycles. The van der Waals surface area contributed by atoms with E-state index in [0.717, 1.165) is 16.3 Å². The van der Waals surface area contributed by atoms with Crippen LogP contribution < -0.4 is 0 Å². The van der Waals surface area contributed by atoms with E-state index in [4.69, 9.17) is 4.74 Å². The number of ether oxygens (including phenoxy) is 1. The first-order chi connectivity index (χ1) is 11.5. The van der Waals surface area contributed by atoms with Crippen LogP contribution in [-0.2, 0) is 4.74 Å². The average Bonchev–Trinajstić information content (AvgIpc) is 2.95. The molecule has 1 aromatic heterocycles. The molecule has 24 heavy (non-hydrogen) atoms. The third-order valence-corrected chi connectivity index (χ3v) is 4.75. The molecular formula is C18H14N2O3S. The maximum Gasteiger partial charge on any atom is 0.350 e. The fourth-order valence-corrected chi connectivity index (χ4v) is 3.43. The lowest BCUT2D eigenvalue weighted by Crippen LogP contribution is -2.03. The van der Waals surface area contributed by atoms with Gasteiger partial charge in [-0.25, -0.2) is 9.78 Å². The predicted octanol–water partition coefficient (Wildman–Crippen LogP) is 4.03. The summed E-state index contributed by atoms with van der Waals surface area (Å²) in [7, 11) is 0. The van der Waals surface area contributed by atoms with Gasteiger partial charge in [0.15, 0.2) is 0 Å². The number of phenols is 1. The van der Waals surface area contributed by atoms with Crippen molar-refractivity contribution in [2.24, 2.45) is 0 Å². The zero-order valence-corrected chi connectivity index (χ0v) is 14.0. The summed E-state index contributed by atoms with van der Waals surface area (Å²) in [6, 6.07) is 10.6. The Morgan fingerprint density at radius 2 is 2.17 bits per heavy atom. The SMILES string of the molecule is CCOC(=O)c1sc(-c2cc(C#N)c3ccc(O)cc3c2)nc1C. The summed E-state index contributed by atoms with van der Waals surface area (Å²) in [4.78, 5) is 16.8. The first-order valence-electron chi connectivity index (χ1n) is 7.35. The van der Waals surface area contributed by atoms with Gasteiger partial charge in [0.2, 0.25) is 0 Å². The maximum atomic E-state index is 12.0. The highest BCUT2D eigenvalue weighted by atomic mass is 32.1. The van der Waals surface area contributed by atoms with Crippen molar-refractivity contribution in [2.45, 2.75) is 13.8 Å². The zero-order chi connectivity index (χ0) is 17.3. The van der Waals surface area contributed by atoms with E-state index < -0.39 is 5.97 Å². The molecule has 6 heteroatoms. The van der Waals surface area contributed by atoms with Crippen molar-refractivity contribution >= 4 is 28.1 Å². The largest absolute Gasteiger partial charge is 0.508 e. The van der Waals surface area contributed by atoms with Gasteiger partial charge in [-0.1, -0.05) is 0 Å². The summed E-state index contributed by atoms with van der Waals surface area (Å²) in [6.45, 7) is 3.81. The Morgan fingerprint density at radius 3 is 2.88 bits per heavy atom. The number of hydrogen-bond donors (Lipinski definition) is 1. The van der Waals surface area contributed by atoms with Gasteiger partial charge >= 0.3 is 5.97 Å². The quantitative estimate of drug-likeness (QED) is 0.729. The average molecular weight is 338 g/mol. The van der Waals surface area contributed by atoms with Crippen molar-refractivity contribution in [1.29, 1.82) is 5.26 Å². The van der Waals surface area contributed by atoms with Crippen molar-refractivity contribution in [1.82, 2.24) is 4.98 Å². The van der Waals surface area contributed by atoms with Gasteiger partial charge in [0, 0.05) is 5.56 Å². The van der Waals surface area contributed by atoms with E-state index in [9.17, 15) is 15.2 Å². The lowest BCUT2D eigenvalue weighted by atomic mass is 10.0. The molecule has 0 amide bonds. The molecule has 0 spiro atoms. The molecule has 0 unspecified atom stereocenters. The molecule has 1 heterocycles. The fraction of sp³-hybridized carbons (Fsp3) is 0.167. The lowest BCUT2D eigenvalue weighted by molar-refractivity contribution is 0.0531. The van der Waals surface area contributed by atoms with E-state index in [0.29, 0.717) is 27.7 Å². The Morgan fingerprint density at radius 1 is 1.38 bits per heavy atom. The van der Waals surface area contributed by atoms with Gasteiger partial charge in [0.1, 0.15) is 15.6 Å². The van der Waals surface area contributed by atoms with E-state index in [1.165, 1.54) is 11.3 Å². The van der Waals surface area contributed by atoms with Crippen LogP contribution >= 0.6 is 11.3 Å². The summed E-state index contributed by atoms with van der Waals surface area (Å²) in [6.07, 6.45) is 0. The molecule has 3 rings (SSSR count). The molecule has 1 N–H and O–H groups in total. The van der Waals surface area contributed by atoms with E-state index >= 15 is 0 Å². The lowest BCUT2D eigenvalue weighted by Gasteiger charge is -2.04. The number of carbonyl (C=O) groups is 1.